The molecule has 0 fully saturated rings. The Bertz CT molecular complexity index is 711. The summed E-state index contributed by atoms with van der Waals surface area (Å²) in [5, 5.41) is 9.91. The van der Waals surface area contributed by atoms with E-state index in [0.29, 0.717) is 16.8 Å². The second-order valence-corrected chi connectivity index (χ2v) is 4.51. The Balaban J connectivity index is 2.58. The van der Waals surface area contributed by atoms with Crippen LogP contribution in [0.1, 0.15) is 42.2 Å². The summed E-state index contributed by atoms with van der Waals surface area (Å²) in [7, 11) is 0. The number of carbonyl (C=O) groups is 1. The van der Waals surface area contributed by atoms with Crippen molar-refractivity contribution in [2.45, 2.75) is 26.2 Å². The first-order valence-electron chi connectivity index (χ1n) is 6.55. The van der Waals surface area contributed by atoms with Crippen molar-refractivity contribution in [1.82, 2.24) is 4.98 Å². The van der Waals surface area contributed by atoms with Crippen LogP contribution < -0.4 is 5.73 Å². The number of para-hydroxylation sites is 1. The highest BCUT2D eigenvalue weighted by Crippen LogP contribution is 2.23. The first kappa shape index (κ1) is 13.9. The average Bonchev–Trinajstić information content (AvgIpc) is 2.44. The number of carboxylic acids is 1. The molecule has 0 aliphatic rings. The molecule has 0 spiro atoms. The van der Waals surface area contributed by atoms with Crippen molar-refractivity contribution in [2.24, 2.45) is 0 Å². The second kappa shape index (κ2) is 6.07. The molecule has 0 aliphatic heterocycles. The molecule has 0 saturated carbocycles. The Hall–Kier alpha value is -2.54. The Morgan fingerprint density at radius 1 is 1.45 bits per heavy atom. The highest BCUT2D eigenvalue weighted by molar-refractivity contribution is 5.97. The molecule has 0 aliphatic carbocycles. The Kier molecular flexibility index (Phi) is 4.21. The number of unbranched alkanes of at least 4 members (excludes halogenated alkanes) is 2. The highest BCUT2D eigenvalue weighted by Gasteiger charge is 2.11. The molecule has 0 bridgehead atoms. The van der Waals surface area contributed by atoms with Gasteiger partial charge in [-0.05, 0) is 18.6 Å². The maximum atomic E-state index is 11.1. The zero-order valence-corrected chi connectivity index (χ0v) is 11.3. The summed E-state index contributed by atoms with van der Waals surface area (Å²) in [6, 6.07) is 6.88. The molecule has 3 N–H and O–H groups in total. The van der Waals surface area contributed by atoms with Gasteiger partial charge < -0.3 is 10.8 Å². The van der Waals surface area contributed by atoms with Gasteiger partial charge in [0.2, 0.25) is 0 Å². The Labute approximate surface area is 117 Å². The van der Waals surface area contributed by atoms with Gasteiger partial charge in [0.05, 0.1) is 11.2 Å². The fourth-order valence-electron chi connectivity index (χ4n) is 1.91. The zero-order valence-electron chi connectivity index (χ0n) is 11.3. The van der Waals surface area contributed by atoms with Crippen LogP contribution >= 0.6 is 0 Å². The van der Waals surface area contributed by atoms with E-state index in [9.17, 15) is 4.79 Å². The second-order valence-electron chi connectivity index (χ2n) is 4.51. The summed E-state index contributed by atoms with van der Waals surface area (Å²) < 4.78 is 0. The number of aromatic nitrogens is 1. The van der Waals surface area contributed by atoms with Crippen LogP contribution in [0, 0.1) is 11.8 Å². The number of aromatic carboxylic acids is 1. The predicted molar refractivity (Wildman–Crippen MR) is 79.5 cm³/mol. The van der Waals surface area contributed by atoms with E-state index < -0.39 is 5.97 Å². The highest BCUT2D eigenvalue weighted by atomic mass is 16.4. The zero-order chi connectivity index (χ0) is 14.5. The van der Waals surface area contributed by atoms with Crippen molar-refractivity contribution >= 4 is 22.6 Å². The van der Waals surface area contributed by atoms with Gasteiger partial charge in [-0.2, -0.15) is 0 Å². The number of nitrogen functional groups attached to an aromatic ring is 1. The molecule has 0 radical (unpaired) electrons. The molecule has 1 aromatic carbocycles. The normalized spacial score (nSPS) is 10.1. The van der Waals surface area contributed by atoms with Crippen LogP contribution in [0.25, 0.3) is 10.9 Å². The lowest BCUT2D eigenvalue weighted by atomic mass is 10.1. The fraction of sp³-hybridized carbons (Fsp3) is 0.250. The van der Waals surface area contributed by atoms with Gasteiger partial charge in [0, 0.05) is 17.4 Å². The molecule has 0 saturated heterocycles. The van der Waals surface area contributed by atoms with Crippen molar-refractivity contribution in [3.05, 3.63) is 35.5 Å². The van der Waals surface area contributed by atoms with E-state index in [0.717, 1.165) is 24.6 Å². The van der Waals surface area contributed by atoms with E-state index in [1.165, 1.54) is 6.07 Å². The molecule has 4 nitrogen and oxygen atoms in total. The third kappa shape index (κ3) is 2.89. The number of hydrogen-bond acceptors (Lipinski definition) is 3. The lowest BCUT2D eigenvalue weighted by molar-refractivity contribution is 0.0691. The monoisotopic (exact) mass is 268 g/mol. The van der Waals surface area contributed by atoms with Crippen LogP contribution in [0.5, 0.6) is 0 Å². The molecule has 2 rings (SSSR count). The van der Waals surface area contributed by atoms with Gasteiger partial charge in [-0.3, -0.25) is 0 Å². The molecule has 0 unspecified atom stereocenters. The van der Waals surface area contributed by atoms with Crippen molar-refractivity contribution in [3.63, 3.8) is 0 Å². The van der Waals surface area contributed by atoms with E-state index in [1.807, 2.05) is 12.1 Å². The standard InChI is InChI=1S/C16H16N2O2/c1-2-3-4-5-7-11-10-14(16(19)20)18-15-12(11)8-6-9-13(15)17/h6,8-10H,2-4,17H2,1H3,(H,19,20). The lowest BCUT2D eigenvalue weighted by Crippen LogP contribution is -2.03. The summed E-state index contributed by atoms with van der Waals surface area (Å²) in [6.07, 6.45) is 2.91. The minimum absolute atomic E-state index is 0.0322. The van der Waals surface area contributed by atoms with Crippen molar-refractivity contribution < 1.29 is 9.90 Å². The lowest BCUT2D eigenvalue weighted by Gasteiger charge is -2.05. The molecule has 1 aromatic heterocycles. The molecule has 20 heavy (non-hydrogen) atoms. The van der Waals surface area contributed by atoms with Crippen LogP contribution in [0.2, 0.25) is 0 Å². The Morgan fingerprint density at radius 2 is 2.25 bits per heavy atom. The number of rotatable bonds is 3. The fourth-order valence-corrected chi connectivity index (χ4v) is 1.91. The van der Waals surface area contributed by atoms with E-state index in [1.54, 1.807) is 6.07 Å². The number of nitrogens with zero attached hydrogens (tertiary/aromatic N) is 1. The third-order valence-corrected chi connectivity index (χ3v) is 2.97. The molecule has 0 atom stereocenters. The topological polar surface area (TPSA) is 76.2 Å². The number of anilines is 1. The van der Waals surface area contributed by atoms with E-state index in [-0.39, 0.29) is 5.69 Å². The number of carboxylic acid groups (broad SMARTS) is 1. The van der Waals surface area contributed by atoms with Gasteiger partial charge in [-0.15, -0.1) is 0 Å². The van der Waals surface area contributed by atoms with Gasteiger partial charge in [0.15, 0.2) is 0 Å². The summed E-state index contributed by atoms with van der Waals surface area (Å²) >= 11 is 0. The van der Waals surface area contributed by atoms with Crippen LogP contribution in [-0.2, 0) is 0 Å². The van der Waals surface area contributed by atoms with Gasteiger partial charge in [0.25, 0.3) is 0 Å². The number of benzene rings is 1. The van der Waals surface area contributed by atoms with Crippen molar-refractivity contribution in [2.75, 3.05) is 5.73 Å². The van der Waals surface area contributed by atoms with Crippen molar-refractivity contribution in [3.8, 4) is 11.8 Å². The summed E-state index contributed by atoms with van der Waals surface area (Å²) in [6.45, 7) is 2.10. The number of hydrogen-bond donors (Lipinski definition) is 2. The number of pyridine rings is 1. The molecular weight excluding hydrogens is 252 g/mol. The largest absolute Gasteiger partial charge is 0.477 e. The number of fused-ring (bicyclic) bond motifs is 1. The first-order valence-corrected chi connectivity index (χ1v) is 6.55. The molecular formula is C16H16N2O2. The maximum absolute atomic E-state index is 11.1. The average molecular weight is 268 g/mol. The van der Waals surface area contributed by atoms with E-state index in [4.69, 9.17) is 10.8 Å². The summed E-state index contributed by atoms with van der Waals surface area (Å²) in [5.41, 5.74) is 7.45. The van der Waals surface area contributed by atoms with Gasteiger partial charge in [-0.25, -0.2) is 9.78 Å². The van der Waals surface area contributed by atoms with Crippen molar-refractivity contribution in [1.29, 1.82) is 0 Å². The third-order valence-electron chi connectivity index (χ3n) is 2.97. The smallest absolute Gasteiger partial charge is 0.354 e. The van der Waals surface area contributed by atoms with Gasteiger partial charge >= 0.3 is 5.97 Å². The Morgan fingerprint density at radius 3 is 2.95 bits per heavy atom. The SMILES string of the molecule is CCCCC#Cc1cc(C(=O)O)nc2c(N)cccc12. The first-order chi connectivity index (χ1) is 9.63. The number of nitrogens with two attached hydrogens (primary N) is 1. The van der Waals surface area contributed by atoms with Crippen LogP contribution in [0.3, 0.4) is 0 Å². The van der Waals surface area contributed by atoms with Crippen LogP contribution in [0.4, 0.5) is 5.69 Å². The maximum Gasteiger partial charge on any atom is 0.354 e. The minimum atomic E-state index is -1.08. The predicted octanol–water partition coefficient (Wildman–Crippen LogP) is 3.06. The van der Waals surface area contributed by atoms with E-state index in [2.05, 4.69) is 23.7 Å². The van der Waals surface area contributed by atoms with Crippen LogP contribution in [-0.4, -0.2) is 16.1 Å². The molecule has 2 aromatic rings. The quantitative estimate of drug-likeness (QED) is 0.509. The van der Waals surface area contributed by atoms with E-state index >= 15 is 0 Å². The van der Waals surface area contributed by atoms with Gasteiger partial charge in [-0.1, -0.05) is 37.3 Å². The summed E-state index contributed by atoms with van der Waals surface area (Å²) in [5.74, 6) is 5.03. The molecule has 1 heterocycles. The molecule has 0 amide bonds. The van der Waals surface area contributed by atoms with Crippen LogP contribution in [0.15, 0.2) is 24.3 Å². The summed E-state index contributed by atoms with van der Waals surface area (Å²) in [4.78, 5) is 15.2. The van der Waals surface area contributed by atoms with Gasteiger partial charge in [0.1, 0.15) is 5.69 Å². The molecule has 4 heteroatoms. The minimum Gasteiger partial charge on any atom is -0.477 e. The molecule has 102 valence electrons.